The van der Waals surface area contributed by atoms with E-state index in [-0.39, 0.29) is 11.6 Å². The average Bonchev–Trinajstić information content (AvgIpc) is 3.37. The summed E-state index contributed by atoms with van der Waals surface area (Å²) in [7, 11) is 7.27. The number of hydrogen-bond donors (Lipinski definition) is 1. The second-order valence-corrected chi connectivity index (χ2v) is 9.46. The summed E-state index contributed by atoms with van der Waals surface area (Å²) in [5.41, 5.74) is 1.78. The van der Waals surface area contributed by atoms with Crippen molar-refractivity contribution >= 4 is 33.9 Å². The van der Waals surface area contributed by atoms with Gasteiger partial charge in [0.2, 0.25) is 5.95 Å². The Morgan fingerprint density at radius 2 is 1.92 bits per heavy atom. The van der Waals surface area contributed by atoms with E-state index in [0.717, 1.165) is 36.0 Å². The molecule has 0 aliphatic rings. The monoisotopic (exact) mass is 533 g/mol. The summed E-state index contributed by atoms with van der Waals surface area (Å²) in [6.45, 7) is 4.16. The molecule has 39 heavy (non-hydrogen) atoms. The predicted molar refractivity (Wildman–Crippen MR) is 154 cm³/mol. The summed E-state index contributed by atoms with van der Waals surface area (Å²) >= 11 is 0. The Morgan fingerprint density at radius 1 is 1.10 bits per heavy atom. The minimum absolute atomic E-state index is 0.0392. The molecule has 206 valence electrons. The summed E-state index contributed by atoms with van der Waals surface area (Å²) in [6, 6.07) is 12.9. The van der Waals surface area contributed by atoms with Gasteiger partial charge in [0.25, 0.3) is 5.69 Å². The van der Waals surface area contributed by atoms with Gasteiger partial charge in [-0.25, -0.2) is 4.98 Å². The molecule has 0 aliphatic carbocycles. The number of fused-ring (bicyclic) bond motifs is 1. The zero-order chi connectivity index (χ0) is 27.9. The number of benzene rings is 2. The van der Waals surface area contributed by atoms with Gasteiger partial charge in [-0.15, -0.1) is 0 Å². The largest absolute Gasteiger partial charge is 0.494 e. The van der Waals surface area contributed by atoms with Gasteiger partial charge in [-0.3, -0.25) is 10.1 Å². The topological polar surface area (TPSA) is 111 Å². The first kappa shape index (κ1) is 27.6. The van der Waals surface area contributed by atoms with Crippen molar-refractivity contribution in [2.45, 2.75) is 19.8 Å². The fraction of sp³-hybridized carbons (Fsp3) is 0.357. The Bertz CT molecular complexity index is 1440. The molecule has 0 amide bonds. The summed E-state index contributed by atoms with van der Waals surface area (Å²) in [5, 5.41) is 16.1. The van der Waals surface area contributed by atoms with E-state index in [0.29, 0.717) is 36.1 Å². The van der Waals surface area contributed by atoms with Gasteiger partial charge in [-0.1, -0.05) is 19.4 Å². The molecule has 11 nitrogen and oxygen atoms in total. The number of nitrogens with zero attached hydrogens (tertiary/aromatic N) is 6. The van der Waals surface area contributed by atoms with E-state index in [1.54, 1.807) is 18.3 Å². The maximum absolute atomic E-state index is 12.0. The van der Waals surface area contributed by atoms with Gasteiger partial charge < -0.3 is 29.2 Å². The van der Waals surface area contributed by atoms with Crippen molar-refractivity contribution in [3.8, 4) is 17.3 Å². The van der Waals surface area contributed by atoms with Gasteiger partial charge >= 0.3 is 0 Å². The molecule has 0 radical (unpaired) electrons. The van der Waals surface area contributed by atoms with Gasteiger partial charge in [0.15, 0.2) is 0 Å². The Hall–Kier alpha value is -4.38. The molecular formula is C28H35N7O4. The van der Waals surface area contributed by atoms with Crippen molar-refractivity contribution < 1.29 is 14.4 Å². The van der Waals surface area contributed by atoms with Crippen molar-refractivity contribution in [1.82, 2.24) is 19.4 Å². The number of aromatic nitrogens is 3. The zero-order valence-corrected chi connectivity index (χ0v) is 23.0. The number of ether oxygens (including phenoxy) is 2. The molecular weight excluding hydrogens is 498 g/mol. The van der Waals surface area contributed by atoms with Crippen LogP contribution in [-0.2, 0) is 0 Å². The average molecular weight is 534 g/mol. The van der Waals surface area contributed by atoms with Crippen molar-refractivity contribution in [3.05, 3.63) is 65.0 Å². The third kappa shape index (κ3) is 6.37. The predicted octanol–water partition coefficient (Wildman–Crippen LogP) is 5.26. The number of nitrogens with one attached hydrogen (secondary N) is 1. The lowest BCUT2D eigenvalue weighted by Crippen LogP contribution is -2.28. The van der Waals surface area contributed by atoms with Gasteiger partial charge in [-0.05, 0) is 44.8 Å². The molecule has 0 spiro atoms. The number of anilines is 3. The molecule has 0 bridgehead atoms. The number of nitro groups is 1. The van der Waals surface area contributed by atoms with Crippen LogP contribution in [0.15, 0.2) is 54.9 Å². The minimum Gasteiger partial charge on any atom is -0.494 e. The Balaban J connectivity index is 1.65. The maximum Gasteiger partial charge on any atom is 0.294 e. The molecule has 2 aromatic carbocycles. The van der Waals surface area contributed by atoms with Crippen LogP contribution in [0.5, 0.6) is 11.5 Å². The molecule has 2 aromatic heterocycles. The van der Waals surface area contributed by atoms with Crippen LogP contribution in [0.2, 0.25) is 0 Å². The lowest BCUT2D eigenvalue weighted by atomic mass is 10.2. The summed E-state index contributed by atoms with van der Waals surface area (Å²) in [5.74, 6) is 2.20. The van der Waals surface area contributed by atoms with Gasteiger partial charge in [0.1, 0.15) is 23.0 Å². The van der Waals surface area contributed by atoms with E-state index >= 15 is 0 Å². The molecule has 0 unspecified atom stereocenters. The fourth-order valence-electron chi connectivity index (χ4n) is 4.20. The van der Waals surface area contributed by atoms with E-state index in [2.05, 4.69) is 22.2 Å². The van der Waals surface area contributed by atoms with Crippen LogP contribution in [0.4, 0.5) is 23.0 Å². The standard InChI is InChI=1S/C28H35N7O4/c1-6-7-17-39-25-10-8-9-22-20(25)12-14-34(22)27-11-13-29-28(31-27)30-21-18-24(35(36)37)23(19-26(21)38-5)33(4)16-15-32(2)3/h8-14,18-19H,6-7,15-17H2,1-5H3,(H,29,30,31). The van der Waals surface area contributed by atoms with Crippen LogP contribution < -0.4 is 19.7 Å². The number of nitro benzene ring substituents is 1. The molecule has 4 aromatic rings. The highest BCUT2D eigenvalue weighted by molar-refractivity contribution is 5.87. The second-order valence-electron chi connectivity index (χ2n) is 9.46. The van der Waals surface area contributed by atoms with Crippen LogP contribution >= 0.6 is 0 Å². The van der Waals surface area contributed by atoms with Gasteiger partial charge in [0.05, 0.1) is 29.8 Å². The first-order valence-corrected chi connectivity index (χ1v) is 12.9. The highest BCUT2D eigenvalue weighted by Crippen LogP contribution is 2.39. The van der Waals surface area contributed by atoms with E-state index in [4.69, 9.17) is 9.47 Å². The van der Waals surface area contributed by atoms with E-state index in [9.17, 15) is 10.1 Å². The summed E-state index contributed by atoms with van der Waals surface area (Å²) < 4.78 is 13.5. The SMILES string of the molecule is CCCCOc1cccc2c1ccn2-c1ccnc(Nc2cc([N+](=O)[O-])c(N(C)CCN(C)C)cc2OC)n1. The minimum atomic E-state index is -0.393. The number of unbranched alkanes of at least 4 members (excludes halogenated alkanes) is 1. The Morgan fingerprint density at radius 3 is 2.64 bits per heavy atom. The number of methoxy groups -OCH3 is 1. The van der Waals surface area contributed by atoms with E-state index in [1.807, 2.05) is 66.0 Å². The molecule has 11 heteroatoms. The number of likely N-dealkylation sites (N-methyl/N-ethyl adjacent to an activating group) is 2. The van der Waals surface area contributed by atoms with Crippen LogP contribution in [0, 0.1) is 10.1 Å². The molecule has 0 aliphatic heterocycles. The number of hydrogen-bond acceptors (Lipinski definition) is 9. The summed E-state index contributed by atoms with van der Waals surface area (Å²) in [4.78, 5) is 24.5. The van der Waals surface area contributed by atoms with Crippen LogP contribution in [0.3, 0.4) is 0 Å². The van der Waals surface area contributed by atoms with Crippen molar-refractivity contribution in [1.29, 1.82) is 0 Å². The number of rotatable bonds is 13. The molecule has 0 saturated carbocycles. The molecule has 0 atom stereocenters. The van der Waals surface area contributed by atoms with Crippen LogP contribution in [0.1, 0.15) is 19.8 Å². The van der Waals surface area contributed by atoms with E-state index < -0.39 is 4.92 Å². The fourth-order valence-corrected chi connectivity index (χ4v) is 4.20. The first-order valence-electron chi connectivity index (χ1n) is 12.9. The quantitative estimate of drug-likeness (QED) is 0.140. The second kappa shape index (κ2) is 12.4. The molecule has 4 rings (SSSR count). The molecule has 2 heterocycles. The third-order valence-electron chi connectivity index (χ3n) is 6.37. The maximum atomic E-state index is 12.0. The highest BCUT2D eigenvalue weighted by atomic mass is 16.6. The third-order valence-corrected chi connectivity index (χ3v) is 6.37. The Labute approximate surface area is 228 Å². The van der Waals surface area contributed by atoms with E-state index in [1.165, 1.54) is 13.2 Å². The lowest BCUT2D eigenvalue weighted by Gasteiger charge is -2.22. The molecule has 1 N–H and O–H groups in total. The normalized spacial score (nSPS) is 11.1. The van der Waals surface area contributed by atoms with Crippen molar-refractivity contribution in [3.63, 3.8) is 0 Å². The smallest absolute Gasteiger partial charge is 0.294 e. The molecule has 0 saturated heterocycles. The van der Waals surface area contributed by atoms with Crippen LogP contribution in [-0.4, -0.2) is 72.3 Å². The highest BCUT2D eigenvalue weighted by Gasteiger charge is 2.22. The lowest BCUT2D eigenvalue weighted by molar-refractivity contribution is -0.384. The first-order chi connectivity index (χ1) is 18.8. The zero-order valence-electron chi connectivity index (χ0n) is 23.0. The van der Waals surface area contributed by atoms with Crippen molar-refractivity contribution in [2.24, 2.45) is 0 Å². The van der Waals surface area contributed by atoms with Crippen LogP contribution in [0.25, 0.3) is 16.7 Å². The van der Waals surface area contributed by atoms with Crippen molar-refractivity contribution in [2.75, 3.05) is 58.2 Å². The summed E-state index contributed by atoms with van der Waals surface area (Å²) in [6.07, 6.45) is 5.64. The van der Waals surface area contributed by atoms with Gasteiger partial charge in [0, 0.05) is 50.0 Å². The molecule has 0 fully saturated rings. The van der Waals surface area contributed by atoms with Gasteiger partial charge in [-0.2, -0.15) is 4.98 Å². The Kier molecular flexibility index (Phi) is 8.82.